The van der Waals surface area contributed by atoms with Gasteiger partial charge in [-0.2, -0.15) is 0 Å². The van der Waals surface area contributed by atoms with Crippen molar-refractivity contribution in [3.05, 3.63) is 27.7 Å². The number of nitrogens with one attached hydrogen (secondary N) is 1. The SMILES string of the molecule is CC(C)CC(=O)Nc1cccc(Br)c1Cl. The summed E-state index contributed by atoms with van der Waals surface area (Å²) in [6, 6.07) is 5.45. The number of benzene rings is 1. The van der Waals surface area contributed by atoms with Crippen LogP contribution in [-0.4, -0.2) is 5.91 Å². The maximum Gasteiger partial charge on any atom is 0.224 e. The molecule has 0 saturated heterocycles. The van der Waals surface area contributed by atoms with Crippen LogP contribution in [0.2, 0.25) is 5.02 Å². The van der Waals surface area contributed by atoms with Crippen molar-refractivity contribution in [1.29, 1.82) is 0 Å². The molecule has 0 radical (unpaired) electrons. The molecule has 0 saturated carbocycles. The smallest absolute Gasteiger partial charge is 0.224 e. The van der Waals surface area contributed by atoms with E-state index in [1.807, 2.05) is 26.0 Å². The summed E-state index contributed by atoms with van der Waals surface area (Å²) >= 11 is 9.32. The van der Waals surface area contributed by atoms with Gasteiger partial charge < -0.3 is 5.32 Å². The standard InChI is InChI=1S/C11H13BrClNO/c1-7(2)6-10(15)14-9-5-3-4-8(12)11(9)13/h3-5,7H,6H2,1-2H3,(H,14,15). The average molecular weight is 291 g/mol. The van der Waals surface area contributed by atoms with Crippen molar-refractivity contribution in [3.63, 3.8) is 0 Å². The van der Waals surface area contributed by atoms with E-state index in [0.29, 0.717) is 23.0 Å². The highest BCUT2D eigenvalue weighted by molar-refractivity contribution is 9.10. The van der Waals surface area contributed by atoms with Gasteiger partial charge in [-0.1, -0.05) is 31.5 Å². The normalized spacial score (nSPS) is 10.5. The zero-order valence-electron chi connectivity index (χ0n) is 8.68. The molecule has 1 aromatic rings. The maximum atomic E-state index is 11.5. The summed E-state index contributed by atoms with van der Waals surface area (Å²) in [7, 11) is 0. The highest BCUT2D eigenvalue weighted by Gasteiger charge is 2.08. The van der Waals surface area contributed by atoms with Crippen LogP contribution in [-0.2, 0) is 4.79 Å². The van der Waals surface area contributed by atoms with E-state index in [1.54, 1.807) is 6.07 Å². The van der Waals surface area contributed by atoms with Gasteiger partial charge in [0.15, 0.2) is 0 Å². The minimum absolute atomic E-state index is 0.00926. The van der Waals surface area contributed by atoms with E-state index < -0.39 is 0 Å². The fraction of sp³-hybridized carbons (Fsp3) is 0.364. The van der Waals surface area contributed by atoms with Crippen LogP contribution in [0.3, 0.4) is 0 Å². The Morgan fingerprint density at radius 3 is 2.80 bits per heavy atom. The Kier molecular flexibility index (Phi) is 4.61. The van der Waals surface area contributed by atoms with Gasteiger partial charge in [-0.3, -0.25) is 4.79 Å². The molecule has 82 valence electrons. The van der Waals surface area contributed by atoms with Gasteiger partial charge in [0, 0.05) is 10.9 Å². The minimum Gasteiger partial charge on any atom is -0.325 e. The van der Waals surface area contributed by atoms with Crippen LogP contribution in [0, 0.1) is 5.92 Å². The number of rotatable bonds is 3. The first-order valence-electron chi connectivity index (χ1n) is 4.74. The van der Waals surface area contributed by atoms with Gasteiger partial charge in [0.25, 0.3) is 0 Å². The molecule has 2 nitrogen and oxygen atoms in total. The van der Waals surface area contributed by atoms with Crippen molar-refractivity contribution in [2.75, 3.05) is 5.32 Å². The van der Waals surface area contributed by atoms with Crippen LogP contribution in [0.1, 0.15) is 20.3 Å². The second-order valence-corrected chi connectivity index (χ2v) is 4.98. The molecule has 0 atom stereocenters. The molecule has 0 aliphatic rings. The van der Waals surface area contributed by atoms with E-state index >= 15 is 0 Å². The predicted octanol–water partition coefficient (Wildman–Crippen LogP) is 4.09. The summed E-state index contributed by atoms with van der Waals surface area (Å²) in [5.74, 6) is 0.334. The fourth-order valence-electron chi connectivity index (χ4n) is 1.17. The third-order valence-corrected chi connectivity index (χ3v) is 3.12. The zero-order valence-corrected chi connectivity index (χ0v) is 11.0. The molecule has 1 rings (SSSR count). The van der Waals surface area contributed by atoms with Gasteiger partial charge in [0.05, 0.1) is 10.7 Å². The lowest BCUT2D eigenvalue weighted by molar-refractivity contribution is -0.116. The molecule has 0 unspecified atom stereocenters. The van der Waals surface area contributed by atoms with Crippen molar-refractivity contribution in [3.8, 4) is 0 Å². The van der Waals surface area contributed by atoms with Gasteiger partial charge in [0.2, 0.25) is 5.91 Å². The number of amides is 1. The van der Waals surface area contributed by atoms with Gasteiger partial charge in [0.1, 0.15) is 0 Å². The topological polar surface area (TPSA) is 29.1 Å². The van der Waals surface area contributed by atoms with E-state index in [1.165, 1.54) is 0 Å². The lowest BCUT2D eigenvalue weighted by Crippen LogP contribution is -2.14. The zero-order chi connectivity index (χ0) is 11.4. The Morgan fingerprint density at radius 1 is 1.53 bits per heavy atom. The van der Waals surface area contributed by atoms with Crippen LogP contribution in [0.5, 0.6) is 0 Å². The summed E-state index contributed by atoms with van der Waals surface area (Å²) in [5.41, 5.74) is 0.650. The number of hydrogen-bond donors (Lipinski definition) is 1. The Labute approximate surface area is 103 Å². The van der Waals surface area contributed by atoms with Crippen molar-refractivity contribution < 1.29 is 4.79 Å². The molecular formula is C11H13BrClNO. The van der Waals surface area contributed by atoms with E-state index in [4.69, 9.17) is 11.6 Å². The first-order chi connectivity index (χ1) is 7.00. The summed E-state index contributed by atoms with van der Waals surface area (Å²) in [6.07, 6.45) is 0.503. The van der Waals surface area contributed by atoms with Crippen LogP contribution in [0.15, 0.2) is 22.7 Å². The molecule has 0 aliphatic heterocycles. The molecule has 1 N–H and O–H groups in total. The lowest BCUT2D eigenvalue weighted by Gasteiger charge is -2.09. The molecule has 0 bridgehead atoms. The molecule has 1 amide bonds. The van der Waals surface area contributed by atoms with Gasteiger partial charge in [-0.15, -0.1) is 0 Å². The number of anilines is 1. The van der Waals surface area contributed by atoms with Crippen LogP contribution >= 0.6 is 27.5 Å². The van der Waals surface area contributed by atoms with Gasteiger partial charge in [-0.05, 0) is 34.0 Å². The minimum atomic E-state index is -0.00926. The maximum absolute atomic E-state index is 11.5. The third-order valence-electron chi connectivity index (χ3n) is 1.82. The molecular weight excluding hydrogens is 277 g/mol. The van der Waals surface area contributed by atoms with Crippen molar-refractivity contribution >= 4 is 39.1 Å². The van der Waals surface area contributed by atoms with E-state index in [0.717, 1.165) is 4.47 Å². The van der Waals surface area contributed by atoms with Gasteiger partial charge >= 0.3 is 0 Å². The van der Waals surface area contributed by atoms with E-state index in [2.05, 4.69) is 21.2 Å². The fourth-order valence-corrected chi connectivity index (χ4v) is 1.71. The number of halogens is 2. The molecule has 0 fully saturated rings. The third kappa shape index (κ3) is 3.84. The molecule has 0 heterocycles. The summed E-state index contributed by atoms with van der Waals surface area (Å²) in [4.78, 5) is 11.5. The Balaban J connectivity index is 2.73. The van der Waals surface area contributed by atoms with E-state index in [9.17, 15) is 4.79 Å². The molecule has 0 aromatic heterocycles. The van der Waals surface area contributed by atoms with Crippen LogP contribution in [0.4, 0.5) is 5.69 Å². The number of carbonyl (C=O) groups excluding carboxylic acids is 1. The molecule has 0 aliphatic carbocycles. The highest BCUT2D eigenvalue weighted by Crippen LogP contribution is 2.29. The largest absolute Gasteiger partial charge is 0.325 e. The number of carbonyl (C=O) groups is 1. The first-order valence-corrected chi connectivity index (χ1v) is 5.91. The summed E-state index contributed by atoms with van der Waals surface area (Å²) in [6.45, 7) is 4.00. The second kappa shape index (κ2) is 5.52. The van der Waals surface area contributed by atoms with Crippen molar-refractivity contribution in [2.45, 2.75) is 20.3 Å². The summed E-state index contributed by atoms with van der Waals surface area (Å²) in [5, 5.41) is 3.32. The monoisotopic (exact) mass is 289 g/mol. The Morgan fingerprint density at radius 2 is 2.20 bits per heavy atom. The summed E-state index contributed by atoms with van der Waals surface area (Å²) < 4.78 is 0.784. The molecule has 15 heavy (non-hydrogen) atoms. The lowest BCUT2D eigenvalue weighted by atomic mass is 10.1. The van der Waals surface area contributed by atoms with Gasteiger partial charge in [-0.25, -0.2) is 0 Å². The van der Waals surface area contributed by atoms with Crippen LogP contribution < -0.4 is 5.32 Å². The molecule has 1 aromatic carbocycles. The van der Waals surface area contributed by atoms with Crippen LogP contribution in [0.25, 0.3) is 0 Å². The average Bonchev–Trinajstić information content (AvgIpc) is 2.11. The Bertz CT molecular complexity index is 366. The molecule has 0 spiro atoms. The highest BCUT2D eigenvalue weighted by atomic mass is 79.9. The van der Waals surface area contributed by atoms with E-state index in [-0.39, 0.29) is 5.91 Å². The number of hydrogen-bond acceptors (Lipinski definition) is 1. The first kappa shape index (κ1) is 12.5. The second-order valence-electron chi connectivity index (χ2n) is 3.75. The van der Waals surface area contributed by atoms with Crippen molar-refractivity contribution in [1.82, 2.24) is 0 Å². The molecule has 4 heteroatoms. The predicted molar refractivity (Wildman–Crippen MR) is 67.2 cm³/mol. The Hall–Kier alpha value is -0.540. The quantitative estimate of drug-likeness (QED) is 0.892. The van der Waals surface area contributed by atoms with Crippen molar-refractivity contribution in [2.24, 2.45) is 5.92 Å².